The highest BCUT2D eigenvalue weighted by molar-refractivity contribution is 7.98. The Bertz CT molecular complexity index is 516. The van der Waals surface area contributed by atoms with Crippen molar-refractivity contribution in [2.24, 2.45) is 5.73 Å². The van der Waals surface area contributed by atoms with Crippen molar-refractivity contribution in [3.63, 3.8) is 0 Å². The van der Waals surface area contributed by atoms with E-state index in [2.05, 4.69) is 5.32 Å². The second kappa shape index (κ2) is 8.93. The Labute approximate surface area is 142 Å². The SMILES string of the molecule is CSCCC(N)C(=O)NC1CCN(C(=O)c2ccccc2)CC1. The van der Waals surface area contributed by atoms with E-state index in [4.69, 9.17) is 5.73 Å². The quantitative estimate of drug-likeness (QED) is 0.826. The van der Waals surface area contributed by atoms with Crippen molar-refractivity contribution in [3.8, 4) is 0 Å². The van der Waals surface area contributed by atoms with Gasteiger partial charge < -0.3 is 16.0 Å². The molecular weight excluding hydrogens is 310 g/mol. The molecule has 0 radical (unpaired) electrons. The molecule has 23 heavy (non-hydrogen) atoms. The summed E-state index contributed by atoms with van der Waals surface area (Å²) in [7, 11) is 0. The topological polar surface area (TPSA) is 75.4 Å². The molecule has 1 atom stereocenters. The van der Waals surface area contributed by atoms with Gasteiger partial charge in [-0.05, 0) is 43.4 Å². The second-order valence-corrected chi connectivity index (χ2v) is 6.81. The van der Waals surface area contributed by atoms with E-state index >= 15 is 0 Å². The number of nitrogens with two attached hydrogens (primary N) is 1. The monoisotopic (exact) mass is 335 g/mol. The van der Waals surface area contributed by atoms with Gasteiger partial charge in [0.1, 0.15) is 0 Å². The molecule has 126 valence electrons. The molecule has 2 rings (SSSR count). The summed E-state index contributed by atoms with van der Waals surface area (Å²) in [6.45, 7) is 1.33. The first-order valence-electron chi connectivity index (χ1n) is 8.01. The molecule has 6 heteroatoms. The van der Waals surface area contributed by atoms with Gasteiger partial charge in [-0.15, -0.1) is 0 Å². The molecule has 1 aromatic rings. The van der Waals surface area contributed by atoms with E-state index in [0.29, 0.717) is 25.1 Å². The fraction of sp³-hybridized carbons (Fsp3) is 0.529. The molecule has 1 aliphatic heterocycles. The summed E-state index contributed by atoms with van der Waals surface area (Å²) in [6, 6.07) is 8.99. The molecule has 0 spiro atoms. The van der Waals surface area contributed by atoms with Gasteiger partial charge in [0, 0.05) is 24.7 Å². The van der Waals surface area contributed by atoms with E-state index in [0.717, 1.165) is 18.6 Å². The van der Waals surface area contributed by atoms with Crippen LogP contribution in [0.25, 0.3) is 0 Å². The van der Waals surface area contributed by atoms with Crippen molar-refractivity contribution in [2.45, 2.75) is 31.3 Å². The zero-order valence-corrected chi connectivity index (χ0v) is 14.3. The van der Waals surface area contributed by atoms with Crippen molar-refractivity contribution in [1.82, 2.24) is 10.2 Å². The third kappa shape index (κ3) is 5.25. The number of carbonyl (C=O) groups is 2. The van der Waals surface area contributed by atoms with E-state index in [1.165, 1.54) is 0 Å². The van der Waals surface area contributed by atoms with Gasteiger partial charge in [0.25, 0.3) is 5.91 Å². The first kappa shape index (κ1) is 17.8. The number of rotatable bonds is 6. The number of likely N-dealkylation sites (tertiary alicyclic amines) is 1. The number of benzene rings is 1. The third-order valence-corrected chi connectivity index (χ3v) is 4.76. The Kier molecular flexibility index (Phi) is 6.92. The zero-order valence-electron chi connectivity index (χ0n) is 13.5. The van der Waals surface area contributed by atoms with E-state index in [1.807, 2.05) is 41.5 Å². The highest BCUT2D eigenvalue weighted by atomic mass is 32.2. The number of piperidine rings is 1. The molecule has 0 aromatic heterocycles. The lowest BCUT2D eigenvalue weighted by atomic mass is 10.0. The minimum absolute atomic E-state index is 0.0621. The lowest BCUT2D eigenvalue weighted by Crippen LogP contribution is -2.50. The molecule has 5 nitrogen and oxygen atoms in total. The normalized spacial score (nSPS) is 16.9. The van der Waals surface area contributed by atoms with Gasteiger partial charge in [-0.25, -0.2) is 0 Å². The van der Waals surface area contributed by atoms with E-state index in [-0.39, 0.29) is 17.9 Å². The van der Waals surface area contributed by atoms with Gasteiger partial charge in [0.05, 0.1) is 6.04 Å². The summed E-state index contributed by atoms with van der Waals surface area (Å²) in [4.78, 5) is 26.3. The summed E-state index contributed by atoms with van der Waals surface area (Å²) in [5.41, 5.74) is 6.60. The van der Waals surface area contributed by atoms with Crippen LogP contribution in [0.3, 0.4) is 0 Å². The van der Waals surface area contributed by atoms with Crippen LogP contribution in [0, 0.1) is 0 Å². The Balaban J connectivity index is 1.78. The second-order valence-electron chi connectivity index (χ2n) is 5.83. The van der Waals surface area contributed by atoms with E-state index < -0.39 is 6.04 Å². The molecular formula is C17H25N3O2S. The predicted molar refractivity (Wildman–Crippen MR) is 94.5 cm³/mol. The van der Waals surface area contributed by atoms with Crippen LogP contribution in [0.2, 0.25) is 0 Å². The minimum atomic E-state index is -0.438. The Morgan fingerprint density at radius 2 is 1.96 bits per heavy atom. The zero-order chi connectivity index (χ0) is 16.7. The molecule has 3 N–H and O–H groups in total. The number of nitrogens with one attached hydrogen (secondary N) is 1. The third-order valence-electron chi connectivity index (χ3n) is 4.12. The molecule has 2 amide bonds. The largest absolute Gasteiger partial charge is 0.352 e. The Morgan fingerprint density at radius 3 is 2.57 bits per heavy atom. The Hall–Kier alpha value is -1.53. The number of thioether (sulfide) groups is 1. The van der Waals surface area contributed by atoms with Gasteiger partial charge in [-0.3, -0.25) is 9.59 Å². The molecule has 0 aliphatic carbocycles. The molecule has 0 saturated carbocycles. The molecule has 1 fully saturated rings. The molecule has 1 unspecified atom stereocenters. The van der Waals surface area contributed by atoms with Crippen LogP contribution in [0.5, 0.6) is 0 Å². The van der Waals surface area contributed by atoms with E-state index in [1.54, 1.807) is 11.8 Å². The van der Waals surface area contributed by atoms with Gasteiger partial charge in [-0.2, -0.15) is 11.8 Å². The van der Waals surface area contributed by atoms with Gasteiger partial charge in [0.2, 0.25) is 5.91 Å². The number of hydrogen-bond acceptors (Lipinski definition) is 4. The van der Waals surface area contributed by atoms with Crippen LogP contribution in [-0.4, -0.2) is 53.9 Å². The average Bonchev–Trinajstić information content (AvgIpc) is 2.60. The standard InChI is InChI=1S/C17H25N3O2S/c1-23-12-9-15(18)16(21)19-14-7-10-20(11-8-14)17(22)13-5-3-2-4-6-13/h2-6,14-15H,7-12,18H2,1H3,(H,19,21). The Morgan fingerprint density at radius 1 is 1.30 bits per heavy atom. The van der Waals surface area contributed by atoms with Crippen LogP contribution in [0.4, 0.5) is 0 Å². The van der Waals surface area contributed by atoms with Crippen molar-refractivity contribution in [1.29, 1.82) is 0 Å². The molecule has 1 aromatic carbocycles. The summed E-state index contributed by atoms with van der Waals surface area (Å²) < 4.78 is 0. The summed E-state index contributed by atoms with van der Waals surface area (Å²) in [6.07, 6.45) is 4.25. The molecule has 0 bridgehead atoms. The van der Waals surface area contributed by atoms with E-state index in [9.17, 15) is 9.59 Å². The van der Waals surface area contributed by atoms with Crippen LogP contribution in [0.15, 0.2) is 30.3 Å². The van der Waals surface area contributed by atoms with Crippen LogP contribution >= 0.6 is 11.8 Å². The van der Waals surface area contributed by atoms with Crippen molar-refractivity contribution in [3.05, 3.63) is 35.9 Å². The van der Waals surface area contributed by atoms with Crippen LogP contribution < -0.4 is 11.1 Å². The molecule has 1 saturated heterocycles. The maximum absolute atomic E-state index is 12.4. The summed E-state index contributed by atoms with van der Waals surface area (Å²) in [5.74, 6) is 0.873. The lowest BCUT2D eigenvalue weighted by molar-refractivity contribution is -0.123. The maximum Gasteiger partial charge on any atom is 0.253 e. The fourth-order valence-electron chi connectivity index (χ4n) is 2.67. The first-order valence-corrected chi connectivity index (χ1v) is 9.40. The molecule has 1 heterocycles. The summed E-state index contributed by atoms with van der Waals surface area (Å²) >= 11 is 1.69. The van der Waals surface area contributed by atoms with Gasteiger partial charge >= 0.3 is 0 Å². The van der Waals surface area contributed by atoms with Crippen molar-refractivity contribution >= 4 is 23.6 Å². The smallest absolute Gasteiger partial charge is 0.253 e. The number of hydrogen-bond donors (Lipinski definition) is 2. The fourth-order valence-corrected chi connectivity index (χ4v) is 3.16. The van der Waals surface area contributed by atoms with Crippen LogP contribution in [0.1, 0.15) is 29.6 Å². The maximum atomic E-state index is 12.4. The first-order chi connectivity index (χ1) is 11.1. The number of carbonyl (C=O) groups excluding carboxylic acids is 2. The average molecular weight is 335 g/mol. The van der Waals surface area contributed by atoms with Gasteiger partial charge in [0.15, 0.2) is 0 Å². The highest BCUT2D eigenvalue weighted by Crippen LogP contribution is 2.14. The predicted octanol–water partition coefficient (Wildman–Crippen LogP) is 1.49. The van der Waals surface area contributed by atoms with Crippen molar-refractivity contribution < 1.29 is 9.59 Å². The lowest BCUT2D eigenvalue weighted by Gasteiger charge is -2.33. The minimum Gasteiger partial charge on any atom is -0.352 e. The van der Waals surface area contributed by atoms with Crippen molar-refractivity contribution in [2.75, 3.05) is 25.1 Å². The highest BCUT2D eigenvalue weighted by Gasteiger charge is 2.25. The number of nitrogens with zero attached hydrogens (tertiary/aromatic N) is 1. The summed E-state index contributed by atoms with van der Waals surface area (Å²) in [5, 5.41) is 3.02. The number of amides is 2. The van der Waals surface area contributed by atoms with Crippen LogP contribution in [-0.2, 0) is 4.79 Å². The molecule has 1 aliphatic rings. The van der Waals surface area contributed by atoms with Gasteiger partial charge in [-0.1, -0.05) is 18.2 Å².